The fourth-order valence-corrected chi connectivity index (χ4v) is 2.69. The number of halogens is 2. The van der Waals surface area contributed by atoms with Gasteiger partial charge in [0.15, 0.2) is 5.60 Å². The maximum absolute atomic E-state index is 13.4. The Hall–Kier alpha value is -1.92. The summed E-state index contributed by atoms with van der Waals surface area (Å²) in [5.74, 6) is -1.55. The maximum Gasteiger partial charge on any atom is 0.266 e. The molecule has 20 heavy (non-hydrogen) atoms. The highest BCUT2D eigenvalue weighted by atomic mass is 79.9. The van der Waals surface area contributed by atoms with Crippen LogP contribution in [0.5, 0.6) is 5.75 Å². The lowest BCUT2D eigenvalue weighted by Gasteiger charge is -2.22. The molecule has 3 N–H and O–H groups in total. The third-order valence-electron chi connectivity index (χ3n) is 3.30. The fourth-order valence-electron chi connectivity index (χ4n) is 2.33. The van der Waals surface area contributed by atoms with Crippen LogP contribution in [0.1, 0.15) is 11.1 Å². The molecule has 1 aliphatic heterocycles. The van der Waals surface area contributed by atoms with Gasteiger partial charge in [-0.05, 0) is 36.4 Å². The summed E-state index contributed by atoms with van der Waals surface area (Å²) in [4.78, 5) is 12.1. The van der Waals surface area contributed by atoms with E-state index in [-0.39, 0.29) is 16.9 Å². The number of phenols is 1. The second kappa shape index (κ2) is 4.29. The quantitative estimate of drug-likeness (QED) is 0.748. The van der Waals surface area contributed by atoms with E-state index in [2.05, 4.69) is 21.2 Å². The summed E-state index contributed by atoms with van der Waals surface area (Å²) in [7, 11) is 0. The molecule has 2 aromatic rings. The smallest absolute Gasteiger partial charge is 0.266 e. The van der Waals surface area contributed by atoms with Crippen molar-refractivity contribution in [2.75, 3.05) is 5.32 Å². The van der Waals surface area contributed by atoms with Crippen molar-refractivity contribution >= 4 is 27.5 Å². The van der Waals surface area contributed by atoms with Crippen molar-refractivity contribution < 1.29 is 19.4 Å². The molecule has 4 nitrogen and oxygen atoms in total. The molecule has 0 saturated carbocycles. The zero-order valence-corrected chi connectivity index (χ0v) is 11.6. The molecule has 0 radical (unpaired) electrons. The molecule has 1 heterocycles. The number of hydrogen-bond donors (Lipinski definition) is 3. The summed E-state index contributed by atoms with van der Waals surface area (Å²) in [6, 6.07) is 7.98. The molecule has 0 aromatic heterocycles. The van der Waals surface area contributed by atoms with Crippen LogP contribution in [-0.2, 0) is 10.4 Å². The second-order valence-electron chi connectivity index (χ2n) is 4.52. The van der Waals surface area contributed by atoms with Crippen LogP contribution in [0.3, 0.4) is 0 Å². The second-order valence-corrected chi connectivity index (χ2v) is 5.43. The highest BCUT2D eigenvalue weighted by Gasteiger charge is 2.48. The number of carbonyl (C=O) groups is 1. The number of anilines is 1. The van der Waals surface area contributed by atoms with Crippen LogP contribution in [0.25, 0.3) is 0 Å². The molecule has 0 fully saturated rings. The number of hydrogen-bond acceptors (Lipinski definition) is 3. The molecule has 6 heteroatoms. The molecule has 2 aromatic carbocycles. The highest BCUT2D eigenvalue weighted by Crippen LogP contribution is 2.44. The molecule has 0 saturated heterocycles. The van der Waals surface area contributed by atoms with E-state index in [1.54, 1.807) is 6.07 Å². The first kappa shape index (κ1) is 13.1. The molecule has 102 valence electrons. The summed E-state index contributed by atoms with van der Waals surface area (Å²) in [6.45, 7) is 0. The van der Waals surface area contributed by atoms with Gasteiger partial charge in [-0.1, -0.05) is 15.9 Å². The number of rotatable bonds is 1. The normalized spacial score (nSPS) is 20.6. The highest BCUT2D eigenvalue weighted by molar-refractivity contribution is 9.10. The molecule has 1 amide bonds. The minimum absolute atomic E-state index is 0.00581. The lowest BCUT2D eigenvalue weighted by atomic mass is 9.87. The van der Waals surface area contributed by atoms with Gasteiger partial charge in [0, 0.05) is 21.3 Å². The summed E-state index contributed by atoms with van der Waals surface area (Å²) >= 11 is 3.21. The van der Waals surface area contributed by atoms with Crippen molar-refractivity contribution in [3.05, 3.63) is 57.8 Å². The van der Waals surface area contributed by atoms with Crippen LogP contribution in [0, 0.1) is 5.82 Å². The Labute approximate surface area is 122 Å². The first-order valence-electron chi connectivity index (χ1n) is 5.76. The Bertz CT molecular complexity index is 734. The first-order valence-corrected chi connectivity index (χ1v) is 6.55. The zero-order valence-electron chi connectivity index (χ0n) is 10.0. The molecule has 0 aliphatic carbocycles. The van der Waals surface area contributed by atoms with Gasteiger partial charge >= 0.3 is 0 Å². The van der Waals surface area contributed by atoms with Crippen molar-refractivity contribution in [3.63, 3.8) is 0 Å². The largest absolute Gasteiger partial charge is 0.508 e. The molecule has 3 rings (SSSR count). The minimum atomic E-state index is -2.12. The minimum Gasteiger partial charge on any atom is -0.508 e. The van der Waals surface area contributed by atoms with Gasteiger partial charge in [0.1, 0.15) is 11.6 Å². The Kier molecular flexibility index (Phi) is 2.81. The third-order valence-corrected chi connectivity index (χ3v) is 3.79. The molecule has 0 bridgehead atoms. The first-order chi connectivity index (χ1) is 9.42. The van der Waals surface area contributed by atoms with Crippen LogP contribution >= 0.6 is 15.9 Å². The van der Waals surface area contributed by atoms with E-state index in [0.717, 1.165) is 6.07 Å². The number of phenolic OH excluding ortho intramolecular Hbond substituents is 1. The van der Waals surface area contributed by atoms with Gasteiger partial charge in [0.2, 0.25) is 0 Å². The topological polar surface area (TPSA) is 69.6 Å². The van der Waals surface area contributed by atoms with Gasteiger partial charge in [-0.3, -0.25) is 4.79 Å². The molecule has 0 spiro atoms. The van der Waals surface area contributed by atoms with Gasteiger partial charge in [-0.25, -0.2) is 4.39 Å². The maximum atomic E-state index is 13.4. The van der Waals surface area contributed by atoms with E-state index >= 15 is 0 Å². The number of carbonyl (C=O) groups excluding carboxylic acids is 1. The van der Waals surface area contributed by atoms with Crippen molar-refractivity contribution in [1.29, 1.82) is 0 Å². The zero-order chi connectivity index (χ0) is 14.5. The number of amides is 1. The van der Waals surface area contributed by atoms with E-state index in [1.807, 2.05) is 0 Å². The van der Waals surface area contributed by atoms with Crippen LogP contribution in [-0.4, -0.2) is 16.1 Å². The average Bonchev–Trinajstić information content (AvgIpc) is 2.66. The van der Waals surface area contributed by atoms with Crippen LogP contribution in [0.2, 0.25) is 0 Å². The Morgan fingerprint density at radius 3 is 2.65 bits per heavy atom. The van der Waals surface area contributed by atoms with E-state index in [9.17, 15) is 19.4 Å². The molecular weight excluding hydrogens is 329 g/mol. The Morgan fingerprint density at radius 2 is 1.90 bits per heavy atom. The predicted molar refractivity (Wildman–Crippen MR) is 73.8 cm³/mol. The summed E-state index contributed by atoms with van der Waals surface area (Å²) in [6.07, 6.45) is 0. The van der Waals surface area contributed by atoms with Gasteiger partial charge in [-0.15, -0.1) is 0 Å². The monoisotopic (exact) mass is 337 g/mol. The van der Waals surface area contributed by atoms with E-state index < -0.39 is 17.3 Å². The standard InChI is InChI=1S/C14H9BrFNO3/c15-7-1-4-12(18)10(5-7)14(20)9-6-8(16)2-3-11(9)17-13(14)19/h1-6,18,20H,(H,17,19). The fraction of sp³-hybridized carbons (Fsp3) is 0.0714. The third kappa shape index (κ3) is 1.72. The lowest BCUT2D eigenvalue weighted by Crippen LogP contribution is -2.35. The van der Waals surface area contributed by atoms with Crippen molar-refractivity contribution in [1.82, 2.24) is 0 Å². The van der Waals surface area contributed by atoms with Crippen LogP contribution < -0.4 is 5.32 Å². The number of nitrogens with one attached hydrogen (secondary N) is 1. The average molecular weight is 338 g/mol. The molecule has 1 unspecified atom stereocenters. The van der Waals surface area contributed by atoms with E-state index in [0.29, 0.717) is 10.2 Å². The number of fused-ring (bicyclic) bond motifs is 1. The Balaban J connectivity index is 2.29. The number of aliphatic hydroxyl groups is 1. The summed E-state index contributed by atoms with van der Waals surface area (Å²) in [5, 5.41) is 23.2. The predicted octanol–water partition coefficient (Wildman–Crippen LogP) is 2.48. The lowest BCUT2D eigenvalue weighted by molar-refractivity contribution is -0.129. The molecule has 1 atom stereocenters. The van der Waals surface area contributed by atoms with Gasteiger partial charge in [-0.2, -0.15) is 0 Å². The SMILES string of the molecule is O=C1Nc2ccc(F)cc2C1(O)c1cc(Br)ccc1O. The number of benzene rings is 2. The van der Waals surface area contributed by atoms with Crippen LogP contribution in [0.15, 0.2) is 40.9 Å². The van der Waals surface area contributed by atoms with Crippen molar-refractivity contribution in [2.24, 2.45) is 0 Å². The Morgan fingerprint density at radius 1 is 1.15 bits per heavy atom. The van der Waals surface area contributed by atoms with Crippen LogP contribution in [0.4, 0.5) is 10.1 Å². The van der Waals surface area contributed by atoms with Crippen molar-refractivity contribution in [2.45, 2.75) is 5.60 Å². The summed E-state index contributed by atoms with van der Waals surface area (Å²) < 4.78 is 14.0. The van der Waals surface area contributed by atoms with Gasteiger partial charge in [0.25, 0.3) is 5.91 Å². The number of aromatic hydroxyl groups is 1. The van der Waals surface area contributed by atoms with E-state index in [4.69, 9.17) is 0 Å². The van der Waals surface area contributed by atoms with Gasteiger partial charge in [0.05, 0.1) is 0 Å². The summed E-state index contributed by atoms with van der Waals surface area (Å²) in [5.41, 5.74) is -1.73. The van der Waals surface area contributed by atoms with E-state index in [1.165, 1.54) is 24.3 Å². The molecular formula is C14H9BrFNO3. The molecule has 1 aliphatic rings. The van der Waals surface area contributed by atoms with Crippen molar-refractivity contribution in [3.8, 4) is 5.75 Å². The van der Waals surface area contributed by atoms with Gasteiger partial charge < -0.3 is 15.5 Å².